The van der Waals surface area contributed by atoms with Crippen LogP contribution in [0.2, 0.25) is 0 Å². The quantitative estimate of drug-likeness (QED) is 0.0205. The first-order valence-electron chi connectivity index (χ1n) is 29.5. The van der Waals surface area contributed by atoms with Gasteiger partial charge in [0, 0.05) is 12.8 Å². The van der Waals surface area contributed by atoms with Crippen LogP contribution in [0.4, 0.5) is 0 Å². The Labute approximate surface area is 433 Å². The van der Waals surface area contributed by atoms with E-state index in [0.717, 1.165) is 83.5 Å². The fourth-order valence-corrected chi connectivity index (χ4v) is 9.18. The lowest BCUT2D eigenvalue weighted by Gasteiger charge is -2.27. The van der Waals surface area contributed by atoms with Crippen LogP contribution in [-0.4, -0.2) is 74.3 Å². The van der Waals surface area contributed by atoms with E-state index >= 15 is 0 Å². The van der Waals surface area contributed by atoms with Crippen LogP contribution in [0.1, 0.15) is 271 Å². The standard InChI is InChI=1S/C60H113N2O7P/c1-7-10-13-16-19-22-25-27-29-30-31-32-33-34-37-40-43-46-49-52-59(63)61-57(56-68-70(65,66)67-55-54-62(4,5)6)58(51-48-45-42-39-36-24-21-18-15-12-9-3)69-60(64)53-50-47-44-41-38-35-28-26-23-20-17-14-11-8-2/h11,14,20,23,27,29,48,51,57-58H,7-10,12-13,15-19,21-22,24-26,28,30-47,49-50,52-56H2,1-6H3,(H-,61,63,65,66)/p+1/b14-11+,23-20+,29-27+,51-48-. The third-order valence-corrected chi connectivity index (χ3v) is 14.0. The van der Waals surface area contributed by atoms with E-state index in [1.165, 1.54) is 154 Å². The van der Waals surface area contributed by atoms with Crippen molar-refractivity contribution >= 4 is 19.7 Å². The van der Waals surface area contributed by atoms with Gasteiger partial charge in [-0.15, -0.1) is 0 Å². The molecule has 0 aromatic carbocycles. The molecule has 9 nitrogen and oxygen atoms in total. The number of nitrogens with zero attached hydrogens (tertiary/aromatic N) is 1. The molecular weight excluding hydrogens is 892 g/mol. The number of likely N-dealkylation sites (N-methyl/N-ethyl adjacent to an activating group) is 1. The van der Waals surface area contributed by atoms with Gasteiger partial charge in [-0.3, -0.25) is 18.6 Å². The number of rotatable bonds is 53. The van der Waals surface area contributed by atoms with Crippen LogP contribution in [0.25, 0.3) is 0 Å². The minimum Gasteiger partial charge on any atom is -0.456 e. The number of carbonyl (C=O) groups is 2. The number of quaternary nitrogens is 1. The largest absolute Gasteiger partial charge is 0.472 e. The number of phosphoric acid groups is 1. The van der Waals surface area contributed by atoms with Gasteiger partial charge in [-0.25, -0.2) is 4.57 Å². The zero-order valence-electron chi connectivity index (χ0n) is 46.8. The molecule has 0 saturated carbocycles. The van der Waals surface area contributed by atoms with Crippen LogP contribution in [0, 0.1) is 0 Å². The molecule has 0 saturated heterocycles. The van der Waals surface area contributed by atoms with Crippen LogP contribution in [0.5, 0.6) is 0 Å². The van der Waals surface area contributed by atoms with E-state index in [2.05, 4.69) is 62.5 Å². The van der Waals surface area contributed by atoms with Crippen molar-refractivity contribution in [3.8, 4) is 0 Å². The van der Waals surface area contributed by atoms with Crippen LogP contribution in [0.15, 0.2) is 48.6 Å². The van der Waals surface area contributed by atoms with Crippen molar-refractivity contribution in [3.63, 3.8) is 0 Å². The van der Waals surface area contributed by atoms with Crippen molar-refractivity contribution in [2.45, 2.75) is 283 Å². The van der Waals surface area contributed by atoms with Crippen molar-refractivity contribution in [2.75, 3.05) is 40.9 Å². The lowest BCUT2D eigenvalue weighted by molar-refractivity contribution is -0.870. The van der Waals surface area contributed by atoms with Crippen LogP contribution >= 0.6 is 7.82 Å². The molecule has 0 rings (SSSR count). The number of carbonyl (C=O) groups excluding carboxylic acids is 2. The molecule has 0 aliphatic carbocycles. The maximum Gasteiger partial charge on any atom is 0.472 e. The topological polar surface area (TPSA) is 111 Å². The number of phosphoric ester groups is 1. The zero-order valence-corrected chi connectivity index (χ0v) is 47.7. The van der Waals surface area contributed by atoms with E-state index in [1.807, 2.05) is 33.3 Å². The number of allylic oxidation sites excluding steroid dienone is 7. The summed E-state index contributed by atoms with van der Waals surface area (Å²) in [5, 5.41) is 3.05. The molecule has 1 amide bonds. The Hall–Kier alpha value is -2.03. The predicted molar refractivity (Wildman–Crippen MR) is 300 cm³/mol. The van der Waals surface area contributed by atoms with Crippen molar-refractivity contribution in [1.29, 1.82) is 0 Å². The summed E-state index contributed by atoms with van der Waals surface area (Å²) < 4.78 is 30.6. The van der Waals surface area contributed by atoms with Crippen molar-refractivity contribution in [2.24, 2.45) is 0 Å². The lowest BCUT2D eigenvalue weighted by atomic mass is 10.0. The summed E-state index contributed by atoms with van der Waals surface area (Å²) in [5.74, 6) is -0.513. The molecule has 0 aliphatic rings. The minimum absolute atomic E-state index is 0.0386. The first kappa shape index (κ1) is 68.0. The number of hydrogen-bond donors (Lipinski definition) is 2. The molecule has 0 fully saturated rings. The average molecular weight is 1010 g/mol. The van der Waals surface area contributed by atoms with Gasteiger partial charge in [0.1, 0.15) is 19.3 Å². The number of hydrogen-bond acceptors (Lipinski definition) is 6. The molecule has 3 atom stereocenters. The maximum absolute atomic E-state index is 13.5. The second kappa shape index (κ2) is 50.5. The number of ether oxygens (including phenoxy) is 1. The van der Waals surface area contributed by atoms with Gasteiger partial charge in [0.25, 0.3) is 0 Å². The molecule has 0 radical (unpaired) electrons. The summed E-state index contributed by atoms with van der Waals surface area (Å²) in [4.78, 5) is 37.6. The van der Waals surface area contributed by atoms with E-state index in [-0.39, 0.29) is 31.5 Å². The highest BCUT2D eigenvalue weighted by Crippen LogP contribution is 2.43. The molecule has 0 bridgehead atoms. The molecule has 70 heavy (non-hydrogen) atoms. The smallest absolute Gasteiger partial charge is 0.456 e. The molecule has 0 spiro atoms. The summed E-state index contributed by atoms with van der Waals surface area (Å²) in [7, 11) is 1.49. The van der Waals surface area contributed by atoms with E-state index in [1.54, 1.807) is 0 Å². The summed E-state index contributed by atoms with van der Waals surface area (Å²) in [6.45, 7) is 6.90. The van der Waals surface area contributed by atoms with Gasteiger partial charge in [0.15, 0.2) is 0 Å². The Morgan fingerprint density at radius 3 is 1.37 bits per heavy atom. The van der Waals surface area contributed by atoms with E-state index < -0.39 is 20.0 Å². The van der Waals surface area contributed by atoms with Gasteiger partial charge >= 0.3 is 13.8 Å². The first-order chi connectivity index (χ1) is 33.9. The van der Waals surface area contributed by atoms with Gasteiger partial charge < -0.3 is 19.4 Å². The molecule has 3 unspecified atom stereocenters. The van der Waals surface area contributed by atoms with Gasteiger partial charge in [0.2, 0.25) is 5.91 Å². The summed E-state index contributed by atoms with van der Waals surface area (Å²) in [5.41, 5.74) is 0. The van der Waals surface area contributed by atoms with Crippen molar-refractivity contribution in [1.82, 2.24) is 5.32 Å². The fraction of sp³-hybridized carbons (Fsp3) is 0.833. The fourth-order valence-electron chi connectivity index (χ4n) is 8.44. The third kappa shape index (κ3) is 50.9. The summed E-state index contributed by atoms with van der Waals surface area (Å²) in [6, 6.07) is -0.850. The predicted octanol–water partition coefficient (Wildman–Crippen LogP) is 17.7. The van der Waals surface area contributed by atoms with Gasteiger partial charge in [0.05, 0.1) is 33.8 Å². The molecule has 2 N–H and O–H groups in total. The second-order valence-electron chi connectivity index (χ2n) is 21.1. The Bertz CT molecular complexity index is 1340. The number of unbranched alkanes of at least 4 members (excludes halogenated alkanes) is 31. The molecule has 10 heteroatoms. The maximum atomic E-state index is 13.5. The highest BCUT2D eigenvalue weighted by Gasteiger charge is 2.30. The summed E-state index contributed by atoms with van der Waals surface area (Å²) >= 11 is 0. The molecule has 410 valence electrons. The van der Waals surface area contributed by atoms with Crippen molar-refractivity contribution < 1.29 is 37.3 Å². The van der Waals surface area contributed by atoms with Gasteiger partial charge in [-0.05, 0) is 83.1 Å². The minimum atomic E-state index is -4.44. The normalized spacial score (nSPS) is 14.1. The number of nitrogens with one attached hydrogen (secondary N) is 1. The Morgan fingerprint density at radius 1 is 0.514 bits per heavy atom. The zero-order chi connectivity index (χ0) is 51.5. The Morgan fingerprint density at radius 2 is 0.914 bits per heavy atom. The Balaban J connectivity index is 5.25. The van der Waals surface area contributed by atoms with Gasteiger partial charge in [-0.2, -0.15) is 0 Å². The second-order valence-corrected chi connectivity index (χ2v) is 22.6. The lowest BCUT2D eigenvalue weighted by Crippen LogP contribution is -2.47. The third-order valence-electron chi connectivity index (χ3n) is 13.0. The first-order valence-corrected chi connectivity index (χ1v) is 31.0. The monoisotopic (exact) mass is 1010 g/mol. The Kier molecular flexibility index (Phi) is 49.0. The average Bonchev–Trinajstić information content (AvgIpc) is 3.32. The SMILES string of the molecule is CC/C=C/C/C=C/CCCCCCCCCC(=O)OC(/C=C\CCCCCCCCCCC)C(COP(=O)(O)OCC[N+](C)(C)C)NC(=O)CCCCCCCCCCC/C=C/CCCCCCCC. The summed E-state index contributed by atoms with van der Waals surface area (Å²) in [6.07, 6.45) is 61.0. The molecule has 0 aliphatic heterocycles. The molecular formula is C60H114N2O7P+. The highest BCUT2D eigenvalue weighted by atomic mass is 31.2. The van der Waals surface area contributed by atoms with Crippen LogP contribution in [0.3, 0.4) is 0 Å². The van der Waals surface area contributed by atoms with E-state index in [4.69, 9.17) is 13.8 Å². The highest BCUT2D eigenvalue weighted by molar-refractivity contribution is 7.47. The number of esters is 1. The van der Waals surface area contributed by atoms with Crippen LogP contribution in [-0.2, 0) is 27.9 Å². The van der Waals surface area contributed by atoms with Crippen molar-refractivity contribution in [3.05, 3.63) is 48.6 Å². The molecule has 0 aromatic heterocycles. The molecule has 0 aromatic rings. The number of amides is 1. The van der Waals surface area contributed by atoms with E-state index in [0.29, 0.717) is 17.4 Å². The van der Waals surface area contributed by atoms with Crippen LogP contribution < -0.4 is 5.32 Å². The molecule has 0 heterocycles. The van der Waals surface area contributed by atoms with E-state index in [9.17, 15) is 19.0 Å². The van der Waals surface area contributed by atoms with Gasteiger partial charge in [-0.1, -0.05) is 224 Å².